The van der Waals surface area contributed by atoms with Crippen LogP contribution in [0.15, 0.2) is 6.07 Å². The number of anilines is 1. The molecule has 0 fully saturated rings. The number of hydrogen-bond donors (Lipinski definition) is 2. The molecular weight excluding hydrogens is 242 g/mol. The fourth-order valence-electron chi connectivity index (χ4n) is 2.09. The zero-order valence-corrected chi connectivity index (χ0v) is 12.5. The van der Waals surface area contributed by atoms with Gasteiger partial charge in [0.1, 0.15) is 10.8 Å². The van der Waals surface area contributed by atoms with Crippen LogP contribution in [0.5, 0.6) is 0 Å². The fourth-order valence-corrected chi connectivity index (χ4v) is 2.35. The minimum absolute atomic E-state index is 0.409. The summed E-state index contributed by atoms with van der Waals surface area (Å²) in [5, 5.41) is 3.40. The zero-order valence-electron chi connectivity index (χ0n) is 11.7. The van der Waals surface area contributed by atoms with Crippen LogP contribution in [-0.4, -0.2) is 16.5 Å². The van der Waals surface area contributed by atoms with Gasteiger partial charge in [0.25, 0.3) is 0 Å². The van der Waals surface area contributed by atoms with Gasteiger partial charge in [0, 0.05) is 12.2 Å². The number of nitrogens with two attached hydrogens (primary N) is 1. The first-order valence-corrected chi connectivity index (χ1v) is 6.92. The first-order chi connectivity index (χ1) is 8.49. The third-order valence-electron chi connectivity index (χ3n) is 3.30. The lowest BCUT2D eigenvalue weighted by atomic mass is 10.0. The van der Waals surface area contributed by atoms with Crippen molar-refractivity contribution in [1.29, 1.82) is 0 Å². The molecule has 0 amide bonds. The molecule has 0 unspecified atom stereocenters. The molecule has 0 atom stereocenters. The van der Waals surface area contributed by atoms with Gasteiger partial charge in [0.2, 0.25) is 0 Å². The van der Waals surface area contributed by atoms with Crippen LogP contribution >= 0.6 is 12.2 Å². The Kier molecular flexibility index (Phi) is 5.54. The molecule has 1 heterocycles. The van der Waals surface area contributed by atoms with E-state index in [0.29, 0.717) is 10.9 Å². The number of thiocarbonyl (C=S) groups is 1. The second kappa shape index (κ2) is 6.69. The molecule has 0 saturated carbocycles. The Bertz CT molecular complexity index is 425. The lowest BCUT2D eigenvalue weighted by Crippen LogP contribution is -2.20. The van der Waals surface area contributed by atoms with Gasteiger partial charge >= 0.3 is 0 Å². The number of nitrogens with zero attached hydrogens (tertiary/aromatic N) is 1. The van der Waals surface area contributed by atoms with Crippen LogP contribution in [0, 0.1) is 19.8 Å². The molecule has 1 aromatic heterocycles. The first-order valence-electron chi connectivity index (χ1n) is 6.51. The maximum atomic E-state index is 5.79. The number of rotatable bonds is 6. The fraction of sp³-hybridized carbons (Fsp3) is 0.571. The molecule has 3 N–H and O–H groups in total. The number of aromatic nitrogens is 1. The van der Waals surface area contributed by atoms with E-state index in [1.807, 2.05) is 19.9 Å². The number of pyridine rings is 1. The molecule has 0 aliphatic rings. The summed E-state index contributed by atoms with van der Waals surface area (Å²) in [5.74, 6) is 1.48. The van der Waals surface area contributed by atoms with E-state index < -0.39 is 0 Å². The van der Waals surface area contributed by atoms with E-state index >= 15 is 0 Å². The van der Waals surface area contributed by atoms with Gasteiger partial charge in [-0.2, -0.15) is 0 Å². The standard InChI is InChI=1S/C14H23N3S/c1-5-11(6-2)8-16-14-12(13(15)18)9(3)7-10(4)17-14/h7,11H,5-6,8H2,1-4H3,(H2,15,18)(H,16,17). The summed E-state index contributed by atoms with van der Waals surface area (Å²) in [6.07, 6.45) is 2.33. The van der Waals surface area contributed by atoms with Crippen molar-refractivity contribution in [1.82, 2.24) is 4.98 Å². The summed E-state index contributed by atoms with van der Waals surface area (Å²) in [4.78, 5) is 4.93. The van der Waals surface area contributed by atoms with Crippen LogP contribution in [0.2, 0.25) is 0 Å². The highest BCUT2D eigenvalue weighted by Crippen LogP contribution is 2.19. The van der Waals surface area contributed by atoms with E-state index in [4.69, 9.17) is 18.0 Å². The van der Waals surface area contributed by atoms with Crippen molar-refractivity contribution in [3.63, 3.8) is 0 Å². The van der Waals surface area contributed by atoms with Gasteiger partial charge in [0.15, 0.2) is 0 Å². The second-order valence-electron chi connectivity index (χ2n) is 4.73. The monoisotopic (exact) mass is 265 g/mol. The molecular formula is C14H23N3S. The second-order valence-corrected chi connectivity index (χ2v) is 5.17. The lowest BCUT2D eigenvalue weighted by Gasteiger charge is -2.17. The Morgan fingerprint density at radius 1 is 1.39 bits per heavy atom. The van der Waals surface area contributed by atoms with Crippen molar-refractivity contribution in [3.8, 4) is 0 Å². The Labute approximate surface area is 115 Å². The van der Waals surface area contributed by atoms with E-state index in [1.165, 1.54) is 0 Å². The molecule has 0 bridgehead atoms. The van der Waals surface area contributed by atoms with Crippen molar-refractivity contribution >= 4 is 23.0 Å². The molecule has 100 valence electrons. The van der Waals surface area contributed by atoms with E-state index in [2.05, 4.69) is 24.1 Å². The average Bonchev–Trinajstić information content (AvgIpc) is 2.28. The van der Waals surface area contributed by atoms with Crippen molar-refractivity contribution in [2.75, 3.05) is 11.9 Å². The summed E-state index contributed by atoms with van der Waals surface area (Å²) in [6, 6.07) is 2.01. The molecule has 1 aromatic rings. The average molecular weight is 265 g/mol. The third-order valence-corrected chi connectivity index (χ3v) is 3.51. The SMILES string of the molecule is CCC(CC)CNc1nc(C)cc(C)c1C(N)=S. The quantitative estimate of drug-likeness (QED) is 0.776. The van der Waals surface area contributed by atoms with E-state index in [1.54, 1.807) is 0 Å². The predicted molar refractivity (Wildman–Crippen MR) is 82.2 cm³/mol. The van der Waals surface area contributed by atoms with Crippen LogP contribution in [0.4, 0.5) is 5.82 Å². The minimum Gasteiger partial charge on any atom is -0.389 e. The maximum absolute atomic E-state index is 5.79. The Morgan fingerprint density at radius 2 is 2.00 bits per heavy atom. The molecule has 0 aliphatic carbocycles. The highest BCUT2D eigenvalue weighted by atomic mass is 32.1. The summed E-state index contributed by atoms with van der Waals surface area (Å²) in [7, 11) is 0. The molecule has 0 aliphatic heterocycles. The van der Waals surface area contributed by atoms with Crippen molar-refractivity contribution in [3.05, 3.63) is 22.9 Å². The largest absolute Gasteiger partial charge is 0.389 e. The van der Waals surface area contributed by atoms with Gasteiger partial charge in [-0.25, -0.2) is 4.98 Å². The van der Waals surface area contributed by atoms with Crippen LogP contribution < -0.4 is 11.1 Å². The molecule has 18 heavy (non-hydrogen) atoms. The third kappa shape index (κ3) is 3.67. The van der Waals surface area contributed by atoms with Crippen molar-refractivity contribution in [2.45, 2.75) is 40.5 Å². The first kappa shape index (κ1) is 14.9. The Balaban J connectivity index is 2.96. The Hall–Kier alpha value is -1.16. The number of hydrogen-bond acceptors (Lipinski definition) is 3. The highest BCUT2D eigenvalue weighted by Gasteiger charge is 2.12. The smallest absolute Gasteiger partial charge is 0.136 e. The van der Waals surface area contributed by atoms with E-state index in [-0.39, 0.29) is 0 Å². The summed E-state index contributed by atoms with van der Waals surface area (Å²) >= 11 is 5.11. The zero-order chi connectivity index (χ0) is 13.7. The van der Waals surface area contributed by atoms with Crippen molar-refractivity contribution < 1.29 is 0 Å². The van der Waals surface area contributed by atoms with Gasteiger partial charge in [0.05, 0.1) is 5.56 Å². The predicted octanol–water partition coefficient (Wildman–Crippen LogP) is 3.18. The summed E-state index contributed by atoms with van der Waals surface area (Å²) in [5.41, 5.74) is 8.74. The molecule has 3 nitrogen and oxygen atoms in total. The van der Waals surface area contributed by atoms with Gasteiger partial charge in [-0.1, -0.05) is 38.9 Å². The molecule has 4 heteroatoms. The Morgan fingerprint density at radius 3 is 2.50 bits per heavy atom. The molecule has 1 rings (SSSR count). The van der Waals surface area contributed by atoms with Crippen LogP contribution in [0.3, 0.4) is 0 Å². The topological polar surface area (TPSA) is 50.9 Å². The summed E-state index contributed by atoms with van der Waals surface area (Å²) in [6.45, 7) is 9.33. The van der Waals surface area contributed by atoms with Gasteiger partial charge in [-0.05, 0) is 31.4 Å². The van der Waals surface area contributed by atoms with E-state index in [9.17, 15) is 0 Å². The van der Waals surface area contributed by atoms with Gasteiger partial charge < -0.3 is 11.1 Å². The van der Waals surface area contributed by atoms with Crippen LogP contribution in [-0.2, 0) is 0 Å². The van der Waals surface area contributed by atoms with Crippen molar-refractivity contribution in [2.24, 2.45) is 11.7 Å². The minimum atomic E-state index is 0.409. The molecule has 0 saturated heterocycles. The summed E-state index contributed by atoms with van der Waals surface area (Å²) < 4.78 is 0. The molecule has 0 radical (unpaired) electrons. The number of aryl methyl sites for hydroxylation is 2. The highest BCUT2D eigenvalue weighted by molar-refractivity contribution is 7.80. The van der Waals surface area contributed by atoms with E-state index in [0.717, 1.165) is 42.0 Å². The van der Waals surface area contributed by atoms with Crippen LogP contribution in [0.25, 0.3) is 0 Å². The maximum Gasteiger partial charge on any atom is 0.136 e. The van der Waals surface area contributed by atoms with Crippen LogP contribution in [0.1, 0.15) is 43.5 Å². The number of nitrogens with one attached hydrogen (secondary N) is 1. The normalized spacial score (nSPS) is 10.7. The van der Waals surface area contributed by atoms with Gasteiger partial charge in [-0.15, -0.1) is 0 Å². The molecule has 0 spiro atoms. The van der Waals surface area contributed by atoms with Gasteiger partial charge in [-0.3, -0.25) is 0 Å². The molecule has 0 aromatic carbocycles. The lowest BCUT2D eigenvalue weighted by molar-refractivity contribution is 0.518.